The molecule has 0 aliphatic carbocycles. The van der Waals surface area contributed by atoms with Gasteiger partial charge < -0.3 is 53.4 Å². The minimum absolute atomic E-state index is 0.0179. The molecule has 9 heterocycles. The number of carbonyl (C=O) groups excluding carboxylic acids is 6. The van der Waals surface area contributed by atoms with Gasteiger partial charge in [0, 0.05) is 124 Å². The van der Waals surface area contributed by atoms with Crippen molar-refractivity contribution in [1.82, 2.24) is 29.4 Å². The third kappa shape index (κ3) is 14.7. The molecule has 18 nitrogen and oxygen atoms in total. The Kier molecular flexibility index (Phi) is 21.6. The van der Waals surface area contributed by atoms with E-state index in [9.17, 15) is 55.1 Å². The third-order valence-corrected chi connectivity index (χ3v) is 21.8. The molecule has 13 rings (SSSR count). The molecule has 0 saturated carbocycles. The van der Waals surface area contributed by atoms with E-state index < -0.39 is 47.1 Å². The molecule has 0 bridgehead atoms. The van der Waals surface area contributed by atoms with Gasteiger partial charge in [-0.2, -0.15) is 0 Å². The lowest BCUT2D eigenvalue weighted by molar-refractivity contribution is -0.117. The number of hydrogen-bond acceptors (Lipinski definition) is 12. The first-order chi connectivity index (χ1) is 46.0. The predicted molar refractivity (Wildman–Crippen MR) is 350 cm³/mol. The summed E-state index contributed by atoms with van der Waals surface area (Å²) in [5.41, 5.74) is 3.44. The summed E-state index contributed by atoms with van der Waals surface area (Å²) in [5, 5.41) is 0. The van der Waals surface area contributed by atoms with Crippen LogP contribution < -0.4 is 14.7 Å². The highest BCUT2D eigenvalue weighted by molar-refractivity contribution is 6.08. The number of piperidine rings is 4. The summed E-state index contributed by atoms with van der Waals surface area (Å²) >= 11 is 0. The first-order valence-electron chi connectivity index (χ1n) is 34.3. The van der Waals surface area contributed by atoms with Crippen LogP contribution in [0.5, 0.6) is 0 Å². The molecule has 4 aromatic rings. The van der Waals surface area contributed by atoms with Crippen LogP contribution in [0.1, 0.15) is 139 Å². The number of carbonyl (C=O) groups is 6. The summed E-state index contributed by atoms with van der Waals surface area (Å²) < 4.78 is 98.8. The van der Waals surface area contributed by atoms with Crippen molar-refractivity contribution in [3.8, 4) is 0 Å². The molecule has 6 fully saturated rings. The van der Waals surface area contributed by atoms with Crippen molar-refractivity contribution in [3.05, 3.63) is 124 Å². The molecule has 24 heteroatoms. The first kappa shape index (κ1) is 69.9. The molecule has 96 heavy (non-hydrogen) atoms. The number of fused-ring (bicyclic) bond motifs is 6. The maximum Gasteiger partial charge on any atom is 0.410 e. The van der Waals surface area contributed by atoms with E-state index in [0.717, 1.165) is 157 Å². The maximum absolute atomic E-state index is 14.4. The number of amides is 6. The topological polar surface area (TPSA) is 159 Å². The maximum atomic E-state index is 14.4. The van der Waals surface area contributed by atoms with E-state index in [1.165, 1.54) is 41.3 Å². The smallest absolute Gasteiger partial charge is 0.410 e. The fourth-order valence-corrected chi connectivity index (χ4v) is 16.7. The fraction of sp³-hybridized carbons (Fsp3) is 0.583. The van der Waals surface area contributed by atoms with Gasteiger partial charge in [-0.05, 0) is 221 Å². The van der Waals surface area contributed by atoms with Crippen molar-refractivity contribution in [3.63, 3.8) is 0 Å². The van der Waals surface area contributed by atoms with Gasteiger partial charge in [-0.1, -0.05) is 6.07 Å². The monoisotopic (exact) mass is 1340 g/mol. The summed E-state index contributed by atoms with van der Waals surface area (Å²) in [7, 11) is 0. The second-order valence-electron chi connectivity index (χ2n) is 27.7. The zero-order valence-corrected chi connectivity index (χ0v) is 55.9. The van der Waals surface area contributed by atoms with Crippen molar-refractivity contribution in [2.45, 2.75) is 152 Å². The molecule has 9 aliphatic rings. The van der Waals surface area contributed by atoms with Gasteiger partial charge in [0.05, 0.1) is 12.7 Å². The van der Waals surface area contributed by atoms with Crippen LogP contribution in [0.4, 0.5) is 57.8 Å². The number of nitrogens with zero attached hydrogens (tertiary/aromatic N) is 9. The minimum Gasteiger partial charge on any atom is -0.450 e. The second kappa shape index (κ2) is 29.7. The average Bonchev–Trinajstić information content (AvgIpc) is 1.47. The summed E-state index contributed by atoms with van der Waals surface area (Å²) in [6, 6.07) is 18.2. The fourth-order valence-electron chi connectivity index (χ4n) is 16.7. The Hall–Kier alpha value is -7.44. The number of rotatable bonds is 8. The van der Waals surface area contributed by atoms with Gasteiger partial charge in [0.25, 0.3) is 5.91 Å². The number of halogens is 6. The van der Waals surface area contributed by atoms with E-state index in [1.807, 2.05) is 23.6 Å². The van der Waals surface area contributed by atoms with Gasteiger partial charge in [-0.15, -0.1) is 0 Å². The summed E-state index contributed by atoms with van der Waals surface area (Å²) in [6.45, 7) is 18.7. The quantitative estimate of drug-likeness (QED) is 0.122. The highest BCUT2D eigenvalue weighted by atomic mass is 19.1. The Morgan fingerprint density at radius 3 is 1.32 bits per heavy atom. The van der Waals surface area contributed by atoms with E-state index in [2.05, 4.69) is 14.7 Å². The molecule has 0 radical (unpaired) electrons. The van der Waals surface area contributed by atoms with Gasteiger partial charge in [0.1, 0.15) is 47.9 Å². The van der Waals surface area contributed by atoms with Crippen molar-refractivity contribution < 1.29 is 69.3 Å². The van der Waals surface area contributed by atoms with Crippen LogP contribution in [0.2, 0.25) is 0 Å². The molecule has 4 aromatic carbocycles. The third-order valence-electron chi connectivity index (χ3n) is 21.8. The highest BCUT2D eigenvalue weighted by Gasteiger charge is 2.51. The van der Waals surface area contributed by atoms with Crippen LogP contribution in [0.15, 0.2) is 72.8 Å². The molecule has 6 amide bonds. The number of ether oxygens (including phenoxy) is 3. The lowest BCUT2D eigenvalue weighted by Crippen LogP contribution is -2.52. The SMILES string of the molecule is CC(=O)N1CC2(CCN(C3CCCN(C(=O)OC(C)C)CC3)CC2)c2cc(F)ccc21.CC(=O)N1CC2(CCN(C3CCN(C(=O)OCCF)C3)CC2)c2cc(F)ccc21.CCOC(=O)N1CCC(N2CCC3(CC2)CN(C(=O)c2c(F)cccc2F)c2ccc(F)cc23)CC1. The summed E-state index contributed by atoms with van der Waals surface area (Å²) in [6.07, 6.45) is 9.48. The normalized spacial score (nSPS) is 22.2. The minimum atomic E-state index is -0.909. The van der Waals surface area contributed by atoms with Crippen molar-refractivity contribution in [2.24, 2.45) is 0 Å². The van der Waals surface area contributed by atoms with Gasteiger partial charge in [0.2, 0.25) is 11.8 Å². The molecule has 0 aromatic heterocycles. The largest absolute Gasteiger partial charge is 0.450 e. The van der Waals surface area contributed by atoms with Crippen molar-refractivity contribution in [2.75, 3.05) is 133 Å². The van der Waals surface area contributed by atoms with Gasteiger partial charge >= 0.3 is 18.3 Å². The van der Waals surface area contributed by atoms with Gasteiger partial charge in [0.15, 0.2) is 0 Å². The second-order valence-corrected chi connectivity index (χ2v) is 27.7. The van der Waals surface area contributed by atoms with Crippen LogP contribution in [-0.2, 0) is 40.0 Å². The lowest BCUT2D eigenvalue weighted by Gasteiger charge is -2.45. The van der Waals surface area contributed by atoms with E-state index in [4.69, 9.17) is 14.2 Å². The zero-order chi connectivity index (χ0) is 68.2. The number of benzene rings is 4. The Morgan fingerprint density at radius 1 is 0.490 bits per heavy atom. The van der Waals surface area contributed by atoms with Crippen LogP contribution in [0.25, 0.3) is 0 Å². The molecule has 2 unspecified atom stereocenters. The summed E-state index contributed by atoms with van der Waals surface area (Å²) in [4.78, 5) is 91.4. The summed E-state index contributed by atoms with van der Waals surface area (Å²) in [5.74, 6) is -3.46. The Labute approximate surface area is 558 Å². The van der Waals surface area contributed by atoms with Gasteiger partial charge in [-0.25, -0.2) is 40.7 Å². The number of likely N-dealkylation sites (tertiary alicyclic amines) is 6. The Morgan fingerprint density at radius 2 is 0.885 bits per heavy atom. The average molecular weight is 1340 g/mol. The van der Waals surface area contributed by atoms with Crippen LogP contribution in [0, 0.1) is 29.1 Å². The van der Waals surface area contributed by atoms with Crippen molar-refractivity contribution in [1.29, 1.82) is 0 Å². The number of anilines is 3. The lowest BCUT2D eigenvalue weighted by atomic mass is 9.74. The zero-order valence-electron chi connectivity index (χ0n) is 55.9. The molecule has 6 saturated heterocycles. The molecule has 520 valence electrons. The van der Waals surface area contributed by atoms with Crippen LogP contribution in [0.3, 0.4) is 0 Å². The number of hydrogen-bond donors (Lipinski definition) is 0. The van der Waals surface area contributed by atoms with E-state index in [1.54, 1.807) is 59.7 Å². The Balaban J connectivity index is 0.000000147. The first-order valence-corrected chi connectivity index (χ1v) is 34.3. The molecule has 2 atom stereocenters. The van der Waals surface area contributed by atoms with E-state index in [0.29, 0.717) is 76.5 Å². The Bertz CT molecular complexity index is 3480. The molecule has 0 N–H and O–H groups in total. The van der Waals surface area contributed by atoms with Gasteiger partial charge in [-0.3, -0.25) is 19.3 Å². The highest BCUT2D eigenvalue weighted by Crippen LogP contribution is 2.51. The number of alkyl halides is 1. The standard InChI is InChI=1S/C27H30F3N3O3.C24H34FN3O3.C21H27F2N3O3/c1-2-36-26(35)32-12-8-19(9-13-32)31-14-10-27(11-15-31)17-33(23-7-6-18(28)16-20(23)27)25(34)24-21(29)4-3-5-22(24)30;1-17(2)31-23(30)27-11-4-5-20(8-12-27)26-13-9-24(10-14-26)16-28(18(3)29)22-7-6-19(25)15-21(22)24;1-15(27)26-14-21(18-12-16(23)2-3-19(18)26)5-9-24(10-6-21)17-4-8-25(13-17)20(28)29-11-7-22/h3-7,16,19H,2,8-15,17H2,1H3;6-7,15,17,20H,4-5,8-14,16H2,1-3H3;2-3,12,17H,4-11,13-14H2,1H3. The van der Waals surface area contributed by atoms with Crippen molar-refractivity contribution >= 4 is 53.1 Å². The molecular weight excluding hydrogens is 1250 g/mol. The van der Waals surface area contributed by atoms with Crippen LogP contribution in [-0.4, -0.2) is 208 Å². The predicted octanol–water partition coefficient (Wildman–Crippen LogP) is 11.4. The molecule has 3 spiro atoms. The van der Waals surface area contributed by atoms with E-state index in [-0.39, 0.29) is 71.8 Å². The molecular formula is C72H91F6N9O9. The molecule has 9 aliphatic heterocycles. The van der Waals surface area contributed by atoms with E-state index >= 15 is 0 Å². The van der Waals surface area contributed by atoms with Crippen LogP contribution >= 0.6 is 0 Å².